The molecule has 1 aliphatic heterocycles. The first-order chi connectivity index (χ1) is 12.7. The minimum Gasteiger partial charge on any atom is -0.379 e. The van der Waals surface area contributed by atoms with E-state index in [2.05, 4.69) is 20.4 Å². The van der Waals surface area contributed by atoms with Crippen molar-refractivity contribution in [2.75, 3.05) is 37.4 Å². The summed E-state index contributed by atoms with van der Waals surface area (Å²) in [7, 11) is 0. The van der Waals surface area contributed by atoms with Gasteiger partial charge in [-0.15, -0.1) is 10.2 Å². The number of carbonyl (C=O) groups is 1. The van der Waals surface area contributed by atoms with Gasteiger partial charge in [-0.1, -0.05) is 17.8 Å². The molecule has 1 N–H and O–H groups in total. The standard InChI is InChI=1S/C17H22FN5O2S/c1-2-23-15(11-22-6-8-25-9-7-22)20-21-17(23)26-12-16(24)19-14-5-3-4-13(18)10-14/h3-5,10H,2,6-9,11-12H2,1H3,(H,19,24). The highest BCUT2D eigenvalue weighted by Crippen LogP contribution is 2.19. The zero-order chi connectivity index (χ0) is 18.4. The van der Waals surface area contributed by atoms with Crippen LogP contribution in [0.3, 0.4) is 0 Å². The van der Waals surface area contributed by atoms with E-state index in [-0.39, 0.29) is 17.5 Å². The normalized spacial score (nSPS) is 15.2. The molecule has 0 atom stereocenters. The zero-order valence-corrected chi connectivity index (χ0v) is 15.5. The van der Waals surface area contributed by atoms with Crippen molar-refractivity contribution in [2.45, 2.75) is 25.2 Å². The number of thioether (sulfide) groups is 1. The van der Waals surface area contributed by atoms with Gasteiger partial charge in [-0.25, -0.2) is 4.39 Å². The van der Waals surface area contributed by atoms with Gasteiger partial charge < -0.3 is 14.6 Å². The van der Waals surface area contributed by atoms with Crippen LogP contribution in [0.5, 0.6) is 0 Å². The predicted molar refractivity (Wildman–Crippen MR) is 97.5 cm³/mol. The van der Waals surface area contributed by atoms with E-state index in [9.17, 15) is 9.18 Å². The monoisotopic (exact) mass is 379 g/mol. The van der Waals surface area contributed by atoms with Gasteiger partial charge in [0.15, 0.2) is 5.16 Å². The molecule has 1 saturated heterocycles. The van der Waals surface area contributed by atoms with Crippen molar-refractivity contribution in [2.24, 2.45) is 0 Å². The lowest BCUT2D eigenvalue weighted by Crippen LogP contribution is -2.36. The van der Waals surface area contributed by atoms with E-state index < -0.39 is 0 Å². The first-order valence-corrected chi connectivity index (χ1v) is 9.54. The van der Waals surface area contributed by atoms with Crippen molar-refractivity contribution < 1.29 is 13.9 Å². The molecule has 7 nitrogen and oxygen atoms in total. The minimum absolute atomic E-state index is 0.187. The van der Waals surface area contributed by atoms with Crippen LogP contribution in [0.25, 0.3) is 0 Å². The number of ether oxygens (including phenoxy) is 1. The molecule has 2 aromatic rings. The van der Waals surface area contributed by atoms with E-state index in [1.54, 1.807) is 12.1 Å². The van der Waals surface area contributed by atoms with Crippen molar-refractivity contribution in [1.82, 2.24) is 19.7 Å². The Morgan fingerprint density at radius 1 is 1.35 bits per heavy atom. The molecule has 0 bridgehead atoms. The highest BCUT2D eigenvalue weighted by molar-refractivity contribution is 7.99. The van der Waals surface area contributed by atoms with E-state index in [1.807, 2.05) is 11.5 Å². The molecular weight excluding hydrogens is 357 g/mol. The summed E-state index contributed by atoms with van der Waals surface area (Å²) < 4.78 is 20.6. The summed E-state index contributed by atoms with van der Waals surface area (Å²) in [6.07, 6.45) is 0. The molecule has 0 aliphatic carbocycles. The quantitative estimate of drug-likeness (QED) is 0.742. The third-order valence-corrected chi connectivity index (χ3v) is 4.99. The third kappa shape index (κ3) is 5.03. The minimum atomic E-state index is -0.381. The lowest BCUT2D eigenvalue weighted by Gasteiger charge is -2.26. The van der Waals surface area contributed by atoms with Crippen LogP contribution in [0.2, 0.25) is 0 Å². The van der Waals surface area contributed by atoms with E-state index in [0.717, 1.165) is 45.2 Å². The molecule has 0 spiro atoms. The fourth-order valence-electron chi connectivity index (χ4n) is 2.71. The number of hydrogen-bond donors (Lipinski definition) is 1. The molecule has 3 rings (SSSR count). The van der Waals surface area contributed by atoms with Gasteiger partial charge in [0.2, 0.25) is 5.91 Å². The summed E-state index contributed by atoms with van der Waals surface area (Å²) in [6, 6.07) is 5.84. The molecule has 0 unspecified atom stereocenters. The van der Waals surface area contributed by atoms with E-state index >= 15 is 0 Å². The van der Waals surface area contributed by atoms with E-state index in [0.29, 0.717) is 10.8 Å². The number of anilines is 1. The second-order valence-electron chi connectivity index (χ2n) is 5.88. The molecule has 1 amide bonds. The van der Waals surface area contributed by atoms with Crippen molar-refractivity contribution in [3.05, 3.63) is 35.9 Å². The van der Waals surface area contributed by atoms with Gasteiger partial charge in [0.25, 0.3) is 0 Å². The summed E-state index contributed by atoms with van der Waals surface area (Å²) in [5.41, 5.74) is 0.445. The predicted octanol–water partition coefficient (Wildman–Crippen LogP) is 2.00. The number of nitrogens with zero attached hydrogens (tertiary/aromatic N) is 4. The second kappa shape index (κ2) is 9.11. The SMILES string of the molecule is CCn1c(CN2CCOCC2)nnc1SCC(=O)Nc1cccc(F)c1. The van der Waals surface area contributed by atoms with Crippen LogP contribution in [0, 0.1) is 5.82 Å². The van der Waals surface area contributed by atoms with Crippen LogP contribution < -0.4 is 5.32 Å². The third-order valence-electron chi connectivity index (χ3n) is 4.02. The maximum Gasteiger partial charge on any atom is 0.234 e. The fraction of sp³-hybridized carbons (Fsp3) is 0.471. The van der Waals surface area contributed by atoms with Crippen LogP contribution in [0.4, 0.5) is 10.1 Å². The Morgan fingerprint density at radius 3 is 2.88 bits per heavy atom. The Labute approximate surface area is 155 Å². The summed E-state index contributed by atoms with van der Waals surface area (Å²) in [5, 5.41) is 11.9. The Morgan fingerprint density at radius 2 is 2.15 bits per heavy atom. The smallest absolute Gasteiger partial charge is 0.234 e. The van der Waals surface area contributed by atoms with Gasteiger partial charge in [-0.2, -0.15) is 0 Å². The number of halogens is 1. The number of amides is 1. The molecule has 140 valence electrons. The van der Waals surface area contributed by atoms with Crippen molar-refractivity contribution in [3.63, 3.8) is 0 Å². The van der Waals surface area contributed by atoms with E-state index in [1.165, 1.54) is 23.9 Å². The van der Waals surface area contributed by atoms with Crippen LogP contribution >= 0.6 is 11.8 Å². The van der Waals surface area contributed by atoms with Crippen molar-refractivity contribution in [1.29, 1.82) is 0 Å². The number of rotatable bonds is 7. The molecule has 1 aliphatic rings. The first-order valence-electron chi connectivity index (χ1n) is 8.56. The lowest BCUT2D eigenvalue weighted by molar-refractivity contribution is -0.113. The van der Waals surface area contributed by atoms with Crippen molar-refractivity contribution >= 4 is 23.4 Å². The van der Waals surface area contributed by atoms with Gasteiger partial charge in [0, 0.05) is 25.3 Å². The molecule has 0 saturated carbocycles. The topological polar surface area (TPSA) is 72.3 Å². The maximum absolute atomic E-state index is 13.2. The highest BCUT2D eigenvalue weighted by Gasteiger charge is 2.17. The number of morpholine rings is 1. The molecule has 2 heterocycles. The number of hydrogen-bond acceptors (Lipinski definition) is 6. The Hall–Kier alpha value is -1.97. The molecule has 1 aromatic carbocycles. The average Bonchev–Trinajstić information content (AvgIpc) is 3.02. The summed E-state index contributed by atoms with van der Waals surface area (Å²) in [6.45, 7) is 6.73. The molecular formula is C17H22FN5O2S. The summed E-state index contributed by atoms with van der Waals surface area (Å²) in [4.78, 5) is 14.4. The number of aromatic nitrogens is 3. The first kappa shape index (κ1) is 18.8. The second-order valence-corrected chi connectivity index (χ2v) is 6.82. The lowest BCUT2D eigenvalue weighted by atomic mass is 10.3. The molecule has 26 heavy (non-hydrogen) atoms. The Balaban J connectivity index is 1.56. The number of carbonyl (C=O) groups excluding carboxylic acids is 1. The number of benzene rings is 1. The van der Waals surface area contributed by atoms with Crippen LogP contribution in [0.1, 0.15) is 12.7 Å². The maximum atomic E-state index is 13.2. The average molecular weight is 379 g/mol. The van der Waals surface area contributed by atoms with E-state index in [4.69, 9.17) is 4.74 Å². The van der Waals surface area contributed by atoms with Gasteiger partial charge in [-0.3, -0.25) is 9.69 Å². The zero-order valence-electron chi connectivity index (χ0n) is 14.7. The Bertz CT molecular complexity index is 749. The largest absolute Gasteiger partial charge is 0.379 e. The van der Waals surface area contributed by atoms with Crippen molar-refractivity contribution in [3.8, 4) is 0 Å². The molecule has 1 fully saturated rings. The van der Waals surface area contributed by atoms with Gasteiger partial charge in [0.05, 0.1) is 25.5 Å². The highest BCUT2D eigenvalue weighted by atomic mass is 32.2. The molecule has 9 heteroatoms. The van der Waals surface area contributed by atoms with Gasteiger partial charge in [0.1, 0.15) is 11.6 Å². The van der Waals surface area contributed by atoms with Crippen LogP contribution in [-0.4, -0.2) is 57.6 Å². The summed E-state index contributed by atoms with van der Waals surface area (Å²) >= 11 is 1.33. The van der Waals surface area contributed by atoms with Gasteiger partial charge >= 0.3 is 0 Å². The molecule has 0 radical (unpaired) electrons. The molecule has 1 aromatic heterocycles. The summed E-state index contributed by atoms with van der Waals surface area (Å²) in [5.74, 6) is 0.490. The van der Waals surface area contributed by atoms with Crippen LogP contribution in [0.15, 0.2) is 29.4 Å². The fourth-order valence-corrected chi connectivity index (χ4v) is 3.53. The number of nitrogens with one attached hydrogen (secondary N) is 1. The van der Waals surface area contributed by atoms with Crippen LogP contribution in [-0.2, 0) is 22.6 Å². The Kier molecular flexibility index (Phi) is 6.59. The van der Waals surface area contributed by atoms with Gasteiger partial charge in [-0.05, 0) is 25.1 Å².